The molecule has 0 aliphatic carbocycles. The molecule has 23 heavy (non-hydrogen) atoms. The van der Waals surface area contributed by atoms with Crippen molar-refractivity contribution in [3.63, 3.8) is 0 Å². The van der Waals surface area contributed by atoms with Crippen LogP contribution in [0.3, 0.4) is 0 Å². The van der Waals surface area contributed by atoms with Crippen LogP contribution >= 0.6 is 0 Å². The van der Waals surface area contributed by atoms with Crippen molar-refractivity contribution in [2.45, 2.75) is 31.8 Å². The number of carbonyl (C=O) groups is 1. The number of carbonyl (C=O) groups excluding carboxylic acids is 1. The molecule has 0 radical (unpaired) electrons. The lowest BCUT2D eigenvalue weighted by Crippen LogP contribution is -2.31. The Morgan fingerprint density at radius 3 is 2.96 bits per heavy atom. The molecule has 1 aliphatic rings. The van der Waals surface area contributed by atoms with Gasteiger partial charge in [-0.3, -0.25) is 9.48 Å². The number of ether oxygens (including phenoxy) is 1. The van der Waals surface area contributed by atoms with Crippen molar-refractivity contribution >= 4 is 5.91 Å². The number of benzene rings is 1. The Morgan fingerprint density at radius 1 is 1.39 bits per heavy atom. The van der Waals surface area contributed by atoms with Crippen LogP contribution in [0.15, 0.2) is 36.5 Å². The number of aromatic nitrogens is 2. The van der Waals surface area contributed by atoms with Gasteiger partial charge in [-0.2, -0.15) is 5.10 Å². The summed E-state index contributed by atoms with van der Waals surface area (Å²) in [6.07, 6.45) is 5.48. The number of nitrogens with one attached hydrogen (secondary N) is 1. The summed E-state index contributed by atoms with van der Waals surface area (Å²) in [6, 6.07) is 10.1. The molecule has 1 fully saturated rings. The van der Waals surface area contributed by atoms with Crippen LogP contribution in [0.2, 0.25) is 0 Å². The van der Waals surface area contributed by atoms with E-state index in [-0.39, 0.29) is 12.0 Å². The molecule has 1 aliphatic heterocycles. The average Bonchev–Trinajstić information content (AvgIpc) is 3.21. The third-order valence-electron chi connectivity index (χ3n) is 4.12. The van der Waals surface area contributed by atoms with Crippen LogP contribution in [0.4, 0.5) is 0 Å². The molecule has 1 aromatic heterocycles. The second-order valence-electron chi connectivity index (χ2n) is 5.98. The highest BCUT2D eigenvalue weighted by Gasteiger charge is 2.16. The largest absolute Gasteiger partial charge is 0.376 e. The van der Waals surface area contributed by atoms with Gasteiger partial charge in [-0.1, -0.05) is 30.3 Å². The lowest BCUT2D eigenvalue weighted by molar-refractivity contribution is -0.121. The van der Waals surface area contributed by atoms with Crippen LogP contribution in [-0.4, -0.2) is 34.9 Å². The molecule has 0 saturated carbocycles. The Bertz CT molecular complexity index is 646. The van der Waals surface area contributed by atoms with Gasteiger partial charge in [0.05, 0.1) is 11.8 Å². The minimum Gasteiger partial charge on any atom is -0.376 e. The number of hydrogen-bond donors (Lipinski definition) is 1. The topological polar surface area (TPSA) is 56.2 Å². The second-order valence-corrected chi connectivity index (χ2v) is 5.98. The predicted octanol–water partition coefficient (Wildman–Crippen LogP) is 2.31. The zero-order chi connectivity index (χ0) is 16.1. The van der Waals surface area contributed by atoms with E-state index >= 15 is 0 Å². The quantitative estimate of drug-likeness (QED) is 0.890. The first kappa shape index (κ1) is 15.7. The zero-order valence-corrected chi connectivity index (χ0v) is 13.5. The zero-order valence-electron chi connectivity index (χ0n) is 13.5. The number of nitrogens with zero attached hydrogens (tertiary/aromatic N) is 2. The average molecular weight is 313 g/mol. The Balaban J connectivity index is 1.56. The number of hydrogen-bond acceptors (Lipinski definition) is 3. The number of aryl methyl sites for hydroxylation is 2. The van der Waals surface area contributed by atoms with Crippen molar-refractivity contribution in [1.82, 2.24) is 15.1 Å². The molecule has 5 nitrogen and oxygen atoms in total. The van der Waals surface area contributed by atoms with E-state index in [2.05, 4.69) is 10.4 Å². The Kier molecular flexibility index (Phi) is 5.08. The molecule has 2 aromatic rings. The third kappa shape index (κ3) is 4.20. The van der Waals surface area contributed by atoms with E-state index in [1.54, 1.807) is 0 Å². The van der Waals surface area contributed by atoms with E-state index < -0.39 is 0 Å². The minimum atomic E-state index is 0.0726. The maximum absolute atomic E-state index is 12.0. The Hall–Kier alpha value is -2.14. The predicted molar refractivity (Wildman–Crippen MR) is 88.9 cm³/mol. The first-order valence-corrected chi connectivity index (χ1v) is 8.18. The highest BCUT2D eigenvalue weighted by atomic mass is 16.5. The molecule has 0 unspecified atom stereocenters. The highest BCUT2D eigenvalue weighted by molar-refractivity contribution is 5.76. The van der Waals surface area contributed by atoms with E-state index in [0.717, 1.165) is 36.3 Å². The van der Waals surface area contributed by atoms with E-state index in [1.165, 1.54) is 0 Å². The number of amides is 1. The maximum Gasteiger partial charge on any atom is 0.220 e. The first-order valence-electron chi connectivity index (χ1n) is 8.18. The first-order chi connectivity index (χ1) is 11.2. The van der Waals surface area contributed by atoms with Crippen molar-refractivity contribution in [2.24, 2.45) is 7.05 Å². The van der Waals surface area contributed by atoms with Gasteiger partial charge in [-0.25, -0.2) is 0 Å². The molecule has 1 saturated heterocycles. The van der Waals surface area contributed by atoms with Gasteiger partial charge < -0.3 is 10.1 Å². The summed E-state index contributed by atoms with van der Waals surface area (Å²) >= 11 is 0. The van der Waals surface area contributed by atoms with Gasteiger partial charge in [0.25, 0.3) is 0 Å². The summed E-state index contributed by atoms with van der Waals surface area (Å²) in [7, 11) is 1.91. The molecule has 2 heterocycles. The van der Waals surface area contributed by atoms with Crippen molar-refractivity contribution in [1.29, 1.82) is 0 Å². The van der Waals surface area contributed by atoms with E-state index in [4.69, 9.17) is 4.74 Å². The third-order valence-corrected chi connectivity index (χ3v) is 4.12. The molecule has 1 atom stereocenters. The van der Waals surface area contributed by atoms with E-state index in [9.17, 15) is 4.79 Å². The fourth-order valence-corrected chi connectivity index (χ4v) is 2.93. The van der Waals surface area contributed by atoms with Gasteiger partial charge in [-0.15, -0.1) is 0 Å². The molecule has 1 amide bonds. The van der Waals surface area contributed by atoms with Crippen LogP contribution in [0.25, 0.3) is 11.3 Å². The van der Waals surface area contributed by atoms with Crippen molar-refractivity contribution in [3.05, 3.63) is 42.1 Å². The van der Waals surface area contributed by atoms with Crippen molar-refractivity contribution in [2.75, 3.05) is 13.2 Å². The minimum absolute atomic E-state index is 0.0726. The molecular formula is C18H23N3O2. The summed E-state index contributed by atoms with van der Waals surface area (Å²) in [5.41, 5.74) is 3.15. The monoisotopic (exact) mass is 313 g/mol. The van der Waals surface area contributed by atoms with Crippen LogP contribution in [0.5, 0.6) is 0 Å². The molecule has 1 aromatic carbocycles. The molecule has 0 bridgehead atoms. The molecule has 1 N–H and O–H groups in total. The van der Waals surface area contributed by atoms with Crippen LogP contribution in [0.1, 0.15) is 24.8 Å². The standard InChI is InChI=1S/C18H23N3O2/c1-21-13-15(18(20-21)14-6-3-2-4-7-14)9-10-17(22)19-12-16-8-5-11-23-16/h2-4,6-7,13,16H,5,8-12H2,1H3,(H,19,22)/t16-/m1/s1. The van der Waals surface area contributed by atoms with Crippen molar-refractivity contribution in [3.8, 4) is 11.3 Å². The summed E-state index contributed by atoms with van der Waals surface area (Å²) in [5.74, 6) is 0.0726. The summed E-state index contributed by atoms with van der Waals surface area (Å²) in [4.78, 5) is 12.0. The SMILES string of the molecule is Cn1cc(CCC(=O)NC[C@H]2CCCO2)c(-c2ccccc2)n1. The molecule has 122 valence electrons. The van der Waals surface area contributed by atoms with E-state index in [0.29, 0.717) is 19.4 Å². The maximum atomic E-state index is 12.0. The van der Waals surface area contributed by atoms with Crippen LogP contribution in [-0.2, 0) is 23.0 Å². The fourth-order valence-electron chi connectivity index (χ4n) is 2.93. The normalized spacial score (nSPS) is 17.3. The molecule has 5 heteroatoms. The van der Waals surface area contributed by atoms with Gasteiger partial charge in [0.2, 0.25) is 5.91 Å². The second kappa shape index (κ2) is 7.42. The van der Waals surface area contributed by atoms with E-state index in [1.807, 2.05) is 48.3 Å². The van der Waals surface area contributed by atoms with Gasteiger partial charge >= 0.3 is 0 Å². The summed E-state index contributed by atoms with van der Waals surface area (Å²) in [6.45, 7) is 1.44. The van der Waals surface area contributed by atoms with Crippen LogP contribution in [0, 0.1) is 0 Å². The smallest absolute Gasteiger partial charge is 0.220 e. The summed E-state index contributed by atoms with van der Waals surface area (Å²) in [5, 5.41) is 7.50. The fraction of sp³-hybridized carbons (Fsp3) is 0.444. The molecular weight excluding hydrogens is 290 g/mol. The van der Waals surface area contributed by atoms with Gasteiger partial charge in [0, 0.05) is 38.4 Å². The molecule has 0 spiro atoms. The number of rotatable bonds is 6. The van der Waals surface area contributed by atoms with Gasteiger partial charge in [0.1, 0.15) is 0 Å². The van der Waals surface area contributed by atoms with Crippen molar-refractivity contribution < 1.29 is 9.53 Å². The summed E-state index contributed by atoms with van der Waals surface area (Å²) < 4.78 is 7.33. The highest BCUT2D eigenvalue weighted by Crippen LogP contribution is 2.22. The lowest BCUT2D eigenvalue weighted by atomic mass is 10.0. The Morgan fingerprint density at radius 2 is 2.22 bits per heavy atom. The van der Waals surface area contributed by atoms with Gasteiger partial charge in [0.15, 0.2) is 0 Å². The van der Waals surface area contributed by atoms with Crippen LogP contribution < -0.4 is 5.32 Å². The molecule has 3 rings (SSSR count). The Labute approximate surface area is 136 Å². The van der Waals surface area contributed by atoms with Gasteiger partial charge in [-0.05, 0) is 24.8 Å². The lowest BCUT2D eigenvalue weighted by Gasteiger charge is -2.10.